The Bertz CT molecular complexity index is 354. The lowest BCUT2D eigenvalue weighted by molar-refractivity contribution is -0.385. The molecule has 6 heteroatoms. The predicted octanol–water partition coefficient (Wildman–Crippen LogP) is 4.28. The Labute approximate surface area is 106 Å². The number of halogens is 3. The molecule has 0 unspecified atom stereocenters. The van der Waals surface area contributed by atoms with Gasteiger partial charge in [-0.1, -0.05) is 59.9 Å². The van der Waals surface area contributed by atoms with Crippen LogP contribution in [0.3, 0.4) is 0 Å². The van der Waals surface area contributed by atoms with E-state index in [0.29, 0.717) is 10.9 Å². The maximum atomic E-state index is 10.7. The third kappa shape index (κ3) is 2.55. The normalized spacial score (nSPS) is 10.6. The Kier molecular flexibility index (Phi) is 4.53. The molecule has 0 saturated heterocycles. The molecule has 3 nitrogen and oxygen atoms in total. The summed E-state index contributed by atoms with van der Waals surface area (Å²) in [6, 6.07) is 5.02. The highest BCUT2D eigenvalue weighted by Gasteiger charge is 2.18. The summed E-state index contributed by atoms with van der Waals surface area (Å²) in [5, 5.41) is 11.2. The molecule has 0 atom stereocenters. The summed E-state index contributed by atoms with van der Waals surface area (Å²) in [6.07, 6.45) is 0. The summed E-state index contributed by atoms with van der Waals surface area (Å²) in [7, 11) is 0. The van der Waals surface area contributed by atoms with E-state index >= 15 is 0 Å². The Hall–Kier alpha value is 0.0600. The second kappa shape index (κ2) is 5.23. The molecule has 1 aromatic rings. The van der Waals surface area contributed by atoms with Crippen molar-refractivity contribution < 1.29 is 4.92 Å². The minimum atomic E-state index is -0.373. The number of nitrogens with zero attached hydrogens (tertiary/aromatic N) is 1. The smallest absolute Gasteiger partial charge is 0.258 e. The standard InChI is InChI=1S/C8H6Br3NO2/c9-4-6-5(8(10)11)2-1-3-7(6)12(13)14/h1-3,8H,4H2. The molecule has 0 aliphatic heterocycles. The van der Waals surface area contributed by atoms with Crippen molar-refractivity contribution in [2.45, 2.75) is 9.07 Å². The molecule has 0 aliphatic rings. The van der Waals surface area contributed by atoms with Gasteiger partial charge >= 0.3 is 0 Å². The Balaban J connectivity index is 3.32. The van der Waals surface area contributed by atoms with Gasteiger partial charge < -0.3 is 0 Å². The van der Waals surface area contributed by atoms with Crippen molar-refractivity contribution in [2.24, 2.45) is 0 Å². The quantitative estimate of drug-likeness (QED) is 0.441. The Morgan fingerprint density at radius 3 is 2.50 bits per heavy atom. The van der Waals surface area contributed by atoms with E-state index < -0.39 is 0 Å². The second-order valence-electron chi connectivity index (χ2n) is 2.54. The molecule has 14 heavy (non-hydrogen) atoms. The van der Waals surface area contributed by atoms with Crippen LogP contribution >= 0.6 is 47.8 Å². The molecule has 0 fully saturated rings. The minimum Gasteiger partial charge on any atom is -0.258 e. The lowest BCUT2D eigenvalue weighted by atomic mass is 10.1. The van der Waals surface area contributed by atoms with Crippen LogP contribution in [0.25, 0.3) is 0 Å². The van der Waals surface area contributed by atoms with Crippen molar-refractivity contribution >= 4 is 53.5 Å². The van der Waals surface area contributed by atoms with Crippen LogP contribution < -0.4 is 0 Å². The van der Waals surface area contributed by atoms with Gasteiger partial charge in [0, 0.05) is 17.0 Å². The second-order valence-corrected chi connectivity index (χ2v) is 6.16. The molecule has 0 heterocycles. The number of nitro benzene ring substituents is 1. The number of alkyl halides is 3. The monoisotopic (exact) mass is 385 g/mol. The number of hydrogen-bond donors (Lipinski definition) is 0. The Morgan fingerprint density at radius 1 is 1.43 bits per heavy atom. The molecule has 0 saturated carbocycles. The maximum Gasteiger partial charge on any atom is 0.273 e. The molecule has 76 valence electrons. The average Bonchev–Trinajstić information content (AvgIpc) is 2.16. The van der Waals surface area contributed by atoms with Gasteiger partial charge in [-0.25, -0.2) is 0 Å². The van der Waals surface area contributed by atoms with Gasteiger partial charge in [-0.15, -0.1) is 0 Å². The molecular weight excluding hydrogens is 382 g/mol. The van der Waals surface area contributed by atoms with E-state index in [9.17, 15) is 10.1 Å². The topological polar surface area (TPSA) is 43.1 Å². The van der Waals surface area contributed by atoms with Crippen molar-refractivity contribution in [1.29, 1.82) is 0 Å². The summed E-state index contributed by atoms with van der Waals surface area (Å²) in [5.41, 5.74) is 1.70. The average molecular weight is 388 g/mol. The molecule has 0 bridgehead atoms. The number of benzene rings is 1. The highest BCUT2D eigenvalue weighted by Crippen LogP contribution is 2.36. The van der Waals surface area contributed by atoms with E-state index in [0.717, 1.165) is 5.56 Å². The van der Waals surface area contributed by atoms with Crippen LogP contribution in [0.4, 0.5) is 5.69 Å². The van der Waals surface area contributed by atoms with E-state index in [-0.39, 0.29) is 14.3 Å². The summed E-state index contributed by atoms with van der Waals surface area (Å²) >= 11 is 9.91. The van der Waals surface area contributed by atoms with E-state index in [1.54, 1.807) is 6.07 Å². The highest BCUT2D eigenvalue weighted by molar-refractivity contribution is 9.24. The zero-order chi connectivity index (χ0) is 10.7. The molecule has 1 rings (SSSR count). The minimum absolute atomic E-state index is 0.0672. The van der Waals surface area contributed by atoms with Crippen LogP contribution in [0.1, 0.15) is 14.9 Å². The van der Waals surface area contributed by atoms with Crippen molar-refractivity contribution in [3.8, 4) is 0 Å². The SMILES string of the molecule is O=[N+]([O-])c1cccc(C(Br)Br)c1CBr. The molecule has 0 amide bonds. The summed E-state index contributed by atoms with van der Waals surface area (Å²) in [5.74, 6) is 0. The van der Waals surface area contributed by atoms with Gasteiger partial charge in [0.2, 0.25) is 0 Å². The van der Waals surface area contributed by atoms with Gasteiger partial charge in [0.05, 0.1) is 8.66 Å². The summed E-state index contributed by atoms with van der Waals surface area (Å²) < 4.78 is -0.0672. The Morgan fingerprint density at radius 2 is 2.07 bits per heavy atom. The third-order valence-corrected chi connectivity index (χ3v) is 3.30. The molecule has 0 N–H and O–H groups in total. The zero-order valence-electron chi connectivity index (χ0n) is 6.91. The first-order valence-electron chi connectivity index (χ1n) is 3.68. The fourth-order valence-electron chi connectivity index (χ4n) is 1.11. The van der Waals surface area contributed by atoms with Gasteiger partial charge in [0.15, 0.2) is 0 Å². The number of rotatable bonds is 3. The lowest BCUT2D eigenvalue weighted by Gasteiger charge is -2.08. The van der Waals surface area contributed by atoms with Crippen LogP contribution in [-0.2, 0) is 5.33 Å². The largest absolute Gasteiger partial charge is 0.273 e. The van der Waals surface area contributed by atoms with Crippen LogP contribution in [0.2, 0.25) is 0 Å². The molecule has 1 aromatic carbocycles. The van der Waals surface area contributed by atoms with E-state index in [1.165, 1.54) is 6.07 Å². The van der Waals surface area contributed by atoms with Gasteiger partial charge in [-0.05, 0) is 5.56 Å². The zero-order valence-corrected chi connectivity index (χ0v) is 11.7. The first kappa shape index (κ1) is 12.1. The van der Waals surface area contributed by atoms with E-state index in [1.807, 2.05) is 6.07 Å². The van der Waals surface area contributed by atoms with Crippen LogP contribution in [0.15, 0.2) is 18.2 Å². The molecule has 0 aromatic heterocycles. The fraction of sp³-hybridized carbons (Fsp3) is 0.250. The van der Waals surface area contributed by atoms with Crippen molar-refractivity contribution in [1.82, 2.24) is 0 Å². The first-order valence-corrected chi connectivity index (χ1v) is 6.63. The fourth-order valence-corrected chi connectivity index (χ4v) is 2.58. The molecule has 0 spiro atoms. The van der Waals surface area contributed by atoms with Crippen molar-refractivity contribution in [2.75, 3.05) is 0 Å². The van der Waals surface area contributed by atoms with E-state index in [4.69, 9.17) is 0 Å². The van der Waals surface area contributed by atoms with Gasteiger partial charge in [-0.3, -0.25) is 10.1 Å². The van der Waals surface area contributed by atoms with Gasteiger partial charge in [-0.2, -0.15) is 0 Å². The molecule has 0 aliphatic carbocycles. The summed E-state index contributed by atoms with van der Waals surface area (Å²) in [6.45, 7) is 0. The highest BCUT2D eigenvalue weighted by atomic mass is 79.9. The van der Waals surface area contributed by atoms with Gasteiger partial charge in [0.25, 0.3) is 5.69 Å². The molecular formula is C8H6Br3NO2. The third-order valence-electron chi connectivity index (χ3n) is 1.75. The van der Waals surface area contributed by atoms with Crippen LogP contribution in [-0.4, -0.2) is 4.92 Å². The number of hydrogen-bond acceptors (Lipinski definition) is 2. The van der Waals surface area contributed by atoms with Crippen LogP contribution in [0, 0.1) is 10.1 Å². The van der Waals surface area contributed by atoms with Gasteiger partial charge in [0.1, 0.15) is 0 Å². The van der Waals surface area contributed by atoms with Crippen molar-refractivity contribution in [3.05, 3.63) is 39.4 Å². The number of nitro groups is 1. The molecule has 0 radical (unpaired) electrons. The predicted molar refractivity (Wildman–Crippen MR) is 66.3 cm³/mol. The van der Waals surface area contributed by atoms with Crippen LogP contribution in [0.5, 0.6) is 0 Å². The maximum absolute atomic E-state index is 10.7. The van der Waals surface area contributed by atoms with Crippen molar-refractivity contribution in [3.63, 3.8) is 0 Å². The summed E-state index contributed by atoms with van der Waals surface area (Å²) in [4.78, 5) is 10.3. The lowest BCUT2D eigenvalue weighted by Crippen LogP contribution is -1.97. The van der Waals surface area contributed by atoms with E-state index in [2.05, 4.69) is 47.8 Å². The first-order chi connectivity index (χ1) is 6.57.